The minimum Gasteiger partial charge on any atom is -0.411 e. The van der Waals surface area contributed by atoms with Crippen molar-refractivity contribution < 1.29 is 4.43 Å². The van der Waals surface area contributed by atoms with Crippen molar-refractivity contribution in [3.05, 3.63) is 35.5 Å². The second-order valence-corrected chi connectivity index (χ2v) is 19.2. The number of hydrogen-bond donors (Lipinski definition) is 0. The molecule has 0 radical (unpaired) electrons. The molecule has 0 N–H and O–H groups in total. The van der Waals surface area contributed by atoms with Crippen LogP contribution in [0.2, 0.25) is 13.1 Å². The van der Waals surface area contributed by atoms with E-state index in [0.29, 0.717) is 23.2 Å². The smallest absolute Gasteiger partial charge is 0.220 e. The van der Waals surface area contributed by atoms with E-state index in [9.17, 15) is 0 Å². The van der Waals surface area contributed by atoms with E-state index < -0.39 is 8.32 Å². The quantitative estimate of drug-likeness (QED) is 0.169. The van der Waals surface area contributed by atoms with Crippen LogP contribution >= 0.6 is 23.2 Å². The van der Waals surface area contributed by atoms with E-state index in [-0.39, 0.29) is 10.6 Å². The van der Waals surface area contributed by atoms with Crippen molar-refractivity contribution >= 4 is 31.5 Å². The van der Waals surface area contributed by atoms with Gasteiger partial charge in [0.2, 0.25) is 8.32 Å². The van der Waals surface area contributed by atoms with Crippen LogP contribution in [0.25, 0.3) is 0 Å². The van der Waals surface area contributed by atoms with Crippen LogP contribution in [-0.4, -0.2) is 18.9 Å². The van der Waals surface area contributed by atoms with E-state index in [1.807, 2.05) is 0 Å². The highest BCUT2D eigenvalue weighted by Gasteiger charge is 2.49. The minimum absolute atomic E-state index is 0.274. The van der Waals surface area contributed by atoms with Crippen LogP contribution in [0.1, 0.15) is 92.9 Å². The van der Waals surface area contributed by atoms with Crippen LogP contribution in [0.4, 0.5) is 0 Å². The third kappa shape index (κ3) is 7.30. The summed E-state index contributed by atoms with van der Waals surface area (Å²) in [6.45, 7) is 18.7. The summed E-state index contributed by atoms with van der Waals surface area (Å²) in [5, 5.41) is 0. The molecule has 4 heteroatoms. The Morgan fingerprint density at radius 3 is 2.34 bits per heavy atom. The predicted molar refractivity (Wildman–Crippen MR) is 158 cm³/mol. The third-order valence-electron chi connectivity index (χ3n) is 10.1. The highest BCUT2D eigenvalue weighted by Crippen LogP contribution is 2.58. The van der Waals surface area contributed by atoms with Gasteiger partial charge in [-0.05, 0) is 105 Å². The van der Waals surface area contributed by atoms with Crippen LogP contribution in [0.3, 0.4) is 0 Å². The molecule has 0 bridgehead atoms. The van der Waals surface area contributed by atoms with Crippen molar-refractivity contribution in [2.45, 2.75) is 117 Å². The predicted octanol–water partition coefficient (Wildman–Crippen LogP) is 10.3. The molecular formula is C31H52Cl2OSi. The summed E-state index contributed by atoms with van der Waals surface area (Å²) < 4.78 is 6.10. The van der Waals surface area contributed by atoms with Gasteiger partial charge in [0, 0.05) is 6.10 Å². The van der Waals surface area contributed by atoms with Gasteiger partial charge in [0.15, 0.2) is 0 Å². The lowest BCUT2D eigenvalue weighted by Crippen LogP contribution is -2.43. The maximum Gasteiger partial charge on any atom is 0.220 e. The molecule has 7 atom stereocenters. The zero-order chi connectivity index (χ0) is 26.0. The Morgan fingerprint density at radius 2 is 1.69 bits per heavy atom. The normalized spacial score (nSPS) is 36.5. The van der Waals surface area contributed by atoms with Gasteiger partial charge in [0.1, 0.15) is 4.46 Å². The highest BCUT2D eigenvalue weighted by atomic mass is 35.5. The first-order valence-corrected chi connectivity index (χ1v) is 18.2. The molecular weight excluding hydrogens is 487 g/mol. The second kappa shape index (κ2) is 12.2. The van der Waals surface area contributed by atoms with Crippen LogP contribution in [0, 0.1) is 40.9 Å². The van der Waals surface area contributed by atoms with Crippen LogP contribution < -0.4 is 0 Å². The van der Waals surface area contributed by atoms with Gasteiger partial charge in [-0.25, -0.2) is 0 Å². The maximum atomic E-state index is 6.47. The maximum absolute atomic E-state index is 6.47. The van der Waals surface area contributed by atoms with Crippen molar-refractivity contribution in [3.8, 4) is 0 Å². The van der Waals surface area contributed by atoms with E-state index in [0.717, 1.165) is 30.6 Å². The molecule has 0 saturated heterocycles. The molecule has 0 spiro atoms. The molecule has 35 heavy (non-hydrogen) atoms. The van der Waals surface area contributed by atoms with E-state index in [1.54, 1.807) is 11.1 Å². The van der Waals surface area contributed by atoms with E-state index >= 15 is 0 Å². The number of hydrogen-bond acceptors (Lipinski definition) is 1. The largest absolute Gasteiger partial charge is 0.411 e. The van der Waals surface area contributed by atoms with Gasteiger partial charge in [0.25, 0.3) is 0 Å². The van der Waals surface area contributed by atoms with Crippen LogP contribution in [0.5, 0.6) is 0 Å². The molecule has 0 aromatic heterocycles. The van der Waals surface area contributed by atoms with Crippen molar-refractivity contribution in [1.82, 2.24) is 0 Å². The molecule has 7 unspecified atom stereocenters. The monoisotopic (exact) mass is 538 g/mol. The fourth-order valence-electron chi connectivity index (χ4n) is 6.86. The number of alkyl halides is 2. The second-order valence-electron chi connectivity index (χ2n) is 13.3. The van der Waals surface area contributed by atoms with E-state index in [2.05, 4.69) is 78.9 Å². The van der Waals surface area contributed by atoms with Gasteiger partial charge in [-0.2, -0.15) is 0 Å². The lowest BCUT2D eigenvalue weighted by molar-refractivity contribution is 0.0993. The average molecular weight is 540 g/mol. The van der Waals surface area contributed by atoms with Crippen LogP contribution in [0.15, 0.2) is 35.5 Å². The summed E-state index contributed by atoms with van der Waals surface area (Å²) in [5.74, 6) is 4.40. The number of halogens is 2. The molecule has 0 aliphatic heterocycles. The standard InChI is InChI=1S/C31H52Cl2OSi/c1-21(2)22(3)9-10-24(5)29-16-14-27-19-25(17-18-31(27,29)6)12-13-26-20-28(15-11-23(26)4)34-35(7,8)30(32)33/h9-10,12-13,21-24,27-30H,11,14-20H2,1-8H3/b10-9+,25-12+,26-13-. The fraction of sp³-hybridized carbons (Fsp3) is 0.806. The number of rotatable bonds is 8. The molecule has 0 amide bonds. The summed E-state index contributed by atoms with van der Waals surface area (Å²) >= 11 is 12.4. The number of allylic oxidation sites excluding steroid dienone is 5. The zero-order valence-electron chi connectivity index (χ0n) is 23.7. The summed E-state index contributed by atoms with van der Waals surface area (Å²) in [6, 6.07) is 0. The Kier molecular flexibility index (Phi) is 10.3. The van der Waals surface area contributed by atoms with Gasteiger partial charge in [-0.3, -0.25) is 0 Å². The molecule has 3 aliphatic carbocycles. The summed E-state index contributed by atoms with van der Waals surface area (Å²) in [4.78, 5) is 0. The zero-order valence-corrected chi connectivity index (χ0v) is 26.3. The molecule has 3 saturated carbocycles. The molecule has 0 aromatic carbocycles. The molecule has 0 heterocycles. The SMILES string of the molecule is CC1CCC(O[Si](C)(C)C(Cl)Cl)C/C1=C/C=C1\CCC2(C)C(CCC2C(C)/C=C/C(C)C(C)C)C1. The summed E-state index contributed by atoms with van der Waals surface area (Å²) in [7, 11) is -2.05. The van der Waals surface area contributed by atoms with Gasteiger partial charge >= 0.3 is 0 Å². The first-order chi connectivity index (χ1) is 16.3. The van der Waals surface area contributed by atoms with Crippen molar-refractivity contribution in [3.63, 3.8) is 0 Å². The van der Waals surface area contributed by atoms with Crippen molar-refractivity contribution in [2.75, 3.05) is 0 Å². The number of fused-ring (bicyclic) bond motifs is 1. The van der Waals surface area contributed by atoms with E-state index in [1.165, 1.54) is 38.5 Å². The summed E-state index contributed by atoms with van der Waals surface area (Å²) in [5.41, 5.74) is 3.72. The first kappa shape index (κ1) is 29.5. The highest BCUT2D eigenvalue weighted by molar-refractivity contribution is 6.88. The van der Waals surface area contributed by atoms with Gasteiger partial charge in [-0.15, -0.1) is 23.2 Å². The van der Waals surface area contributed by atoms with Crippen molar-refractivity contribution in [2.24, 2.45) is 40.9 Å². The van der Waals surface area contributed by atoms with Crippen molar-refractivity contribution in [1.29, 1.82) is 0 Å². The fourth-order valence-corrected chi connectivity index (χ4v) is 8.34. The van der Waals surface area contributed by atoms with E-state index in [4.69, 9.17) is 27.6 Å². The Bertz CT molecular complexity index is 798. The molecule has 3 fully saturated rings. The Morgan fingerprint density at radius 1 is 0.971 bits per heavy atom. The van der Waals surface area contributed by atoms with Gasteiger partial charge in [-0.1, -0.05) is 77.0 Å². The first-order valence-electron chi connectivity index (χ1n) is 14.4. The molecule has 1 nitrogen and oxygen atoms in total. The van der Waals surface area contributed by atoms with Gasteiger partial charge in [0.05, 0.1) is 0 Å². The third-order valence-corrected chi connectivity index (χ3v) is 15.2. The topological polar surface area (TPSA) is 9.23 Å². The Hall–Kier alpha value is -0.0231. The lowest BCUT2D eigenvalue weighted by atomic mass is 9.61. The minimum atomic E-state index is -2.05. The van der Waals surface area contributed by atoms with Crippen LogP contribution in [-0.2, 0) is 4.43 Å². The molecule has 3 rings (SSSR count). The Balaban J connectivity index is 1.63. The van der Waals surface area contributed by atoms with Gasteiger partial charge < -0.3 is 4.43 Å². The molecule has 200 valence electrons. The molecule has 0 aromatic rings. The summed E-state index contributed by atoms with van der Waals surface area (Å²) in [6.07, 6.45) is 20.3. The Labute approximate surface area is 228 Å². The average Bonchev–Trinajstić information content (AvgIpc) is 3.13. The molecule has 3 aliphatic rings. The lowest BCUT2D eigenvalue weighted by Gasteiger charge is -2.43.